The van der Waals surface area contributed by atoms with Crippen molar-refractivity contribution in [2.75, 3.05) is 6.61 Å². The van der Waals surface area contributed by atoms with Crippen molar-refractivity contribution in [3.05, 3.63) is 115 Å². The van der Waals surface area contributed by atoms with Crippen molar-refractivity contribution in [1.29, 1.82) is 0 Å². The van der Waals surface area contributed by atoms with Crippen LogP contribution in [0.4, 0.5) is 0 Å². The molecule has 0 heterocycles. The van der Waals surface area contributed by atoms with Crippen LogP contribution < -0.4 is 4.74 Å². The van der Waals surface area contributed by atoms with Gasteiger partial charge in [-0.05, 0) is 88.4 Å². The molecule has 1 aliphatic rings. The number of hydrogen-bond acceptors (Lipinski definition) is 4. The number of hydrogen-bond donors (Lipinski definition) is 3. The van der Waals surface area contributed by atoms with E-state index < -0.39 is 0 Å². The SMILES string of the molecule is C#CCCOc1c2cc(C(C)(C)C)cc1Cc1cc(C(C)(C)C)cc(c1O)Cc1cc(C(C)(C)C)cc(c1O)Cc1cc(C(C)(C)C)cc(c1O)C2. The first kappa shape index (κ1) is 38.9. The average Bonchev–Trinajstić information content (AvgIpc) is 3.01. The van der Waals surface area contributed by atoms with Gasteiger partial charge in [0.15, 0.2) is 0 Å². The summed E-state index contributed by atoms with van der Waals surface area (Å²) in [4.78, 5) is 0. The highest BCUT2D eigenvalue weighted by Gasteiger charge is 2.28. The van der Waals surface area contributed by atoms with Gasteiger partial charge in [-0.15, -0.1) is 12.3 Å². The van der Waals surface area contributed by atoms with Gasteiger partial charge in [0.25, 0.3) is 0 Å². The Labute approximate surface area is 313 Å². The fourth-order valence-corrected chi connectivity index (χ4v) is 7.06. The molecule has 0 aliphatic heterocycles. The third kappa shape index (κ3) is 8.31. The Hall–Kier alpha value is -4.36. The molecule has 0 unspecified atom stereocenters. The Morgan fingerprint density at radius 2 is 0.692 bits per heavy atom. The molecule has 4 aromatic rings. The minimum absolute atomic E-state index is 0.173. The van der Waals surface area contributed by atoms with Crippen molar-refractivity contribution in [3.63, 3.8) is 0 Å². The zero-order valence-electron chi connectivity index (χ0n) is 33.7. The lowest BCUT2D eigenvalue weighted by Crippen LogP contribution is -2.16. The molecule has 0 atom stereocenters. The highest BCUT2D eigenvalue weighted by Crippen LogP contribution is 2.43. The average molecular weight is 701 g/mol. The quantitative estimate of drug-likeness (QED) is 0.129. The Kier molecular flexibility index (Phi) is 10.4. The summed E-state index contributed by atoms with van der Waals surface area (Å²) < 4.78 is 6.60. The zero-order valence-corrected chi connectivity index (χ0v) is 33.7. The fourth-order valence-electron chi connectivity index (χ4n) is 7.06. The van der Waals surface area contributed by atoms with Crippen LogP contribution in [0.15, 0.2) is 48.5 Å². The van der Waals surface area contributed by atoms with Gasteiger partial charge in [-0.25, -0.2) is 0 Å². The molecule has 3 N–H and O–H groups in total. The summed E-state index contributed by atoms with van der Waals surface area (Å²) >= 11 is 0. The van der Waals surface area contributed by atoms with Crippen LogP contribution in [0.1, 0.15) is 156 Å². The van der Waals surface area contributed by atoms with Gasteiger partial charge in [0.05, 0.1) is 6.61 Å². The number of ether oxygens (including phenoxy) is 1. The van der Waals surface area contributed by atoms with Gasteiger partial charge < -0.3 is 20.1 Å². The molecule has 276 valence electrons. The number of phenols is 3. The van der Waals surface area contributed by atoms with Gasteiger partial charge in [-0.3, -0.25) is 0 Å². The fraction of sp³-hybridized carbons (Fsp3) is 0.458. The smallest absolute Gasteiger partial charge is 0.126 e. The van der Waals surface area contributed by atoms with Crippen LogP contribution in [0.2, 0.25) is 0 Å². The summed E-state index contributed by atoms with van der Waals surface area (Å²) in [7, 11) is 0. The number of rotatable bonds is 3. The van der Waals surface area contributed by atoms with E-state index in [4.69, 9.17) is 11.2 Å². The molecular weight excluding hydrogens is 641 g/mol. The molecule has 4 aromatic carbocycles. The molecule has 0 spiro atoms. The van der Waals surface area contributed by atoms with Crippen molar-refractivity contribution >= 4 is 0 Å². The Morgan fingerprint density at radius 1 is 0.462 bits per heavy atom. The maximum Gasteiger partial charge on any atom is 0.126 e. The lowest BCUT2D eigenvalue weighted by atomic mass is 9.79. The van der Waals surface area contributed by atoms with E-state index in [0.717, 1.165) is 72.5 Å². The van der Waals surface area contributed by atoms with Crippen LogP contribution in [0.25, 0.3) is 0 Å². The molecule has 0 aromatic heterocycles. The van der Waals surface area contributed by atoms with E-state index in [-0.39, 0.29) is 38.9 Å². The van der Waals surface area contributed by atoms with E-state index in [9.17, 15) is 15.3 Å². The molecule has 52 heavy (non-hydrogen) atoms. The summed E-state index contributed by atoms with van der Waals surface area (Å²) in [6.45, 7) is 26.6. The summed E-state index contributed by atoms with van der Waals surface area (Å²) in [6, 6.07) is 17.0. The number of benzene rings is 4. The van der Waals surface area contributed by atoms with Crippen LogP contribution in [0.3, 0.4) is 0 Å². The first-order valence-corrected chi connectivity index (χ1v) is 18.8. The monoisotopic (exact) mass is 700 g/mol. The number of aromatic hydroxyl groups is 3. The Bertz CT molecular complexity index is 1910. The number of fused-ring (bicyclic) bond motifs is 8. The Morgan fingerprint density at radius 3 is 0.923 bits per heavy atom. The van der Waals surface area contributed by atoms with Gasteiger partial charge in [0.1, 0.15) is 23.0 Å². The van der Waals surface area contributed by atoms with Gasteiger partial charge >= 0.3 is 0 Å². The predicted molar refractivity (Wildman–Crippen MR) is 216 cm³/mol. The van der Waals surface area contributed by atoms with E-state index in [1.807, 2.05) is 0 Å². The second kappa shape index (κ2) is 13.9. The zero-order chi connectivity index (χ0) is 38.6. The summed E-state index contributed by atoms with van der Waals surface area (Å²) in [5.41, 5.74) is 10.3. The molecule has 0 fully saturated rings. The molecular formula is C48H60O4. The van der Waals surface area contributed by atoms with Gasteiger partial charge in [-0.2, -0.15) is 0 Å². The predicted octanol–water partition coefficient (Wildman–Crippen LogP) is 11.1. The van der Waals surface area contributed by atoms with Crippen molar-refractivity contribution in [1.82, 2.24) is 0 Å². The van der Waals surface area contributed by atoms with Crippen LogP contribution >= 0.6 is 0 Å². The van der Waals surface area contributed by atoms with Crippen LogP contribution in [0, 0.1) is 12.3 Å². The largest absolute Gasteiger partial charge is 0.507 e. The first-order chi connectivity index (χ1) is 24.0. The molecule has 0 saturated carbocycles. The molecule has 0 saturated heterocycles. The van der Waals surface area contributed by atoms with Gasteiger partial charge in [0.2, 0.25) is 0 Å². The topological polar surface area (TPSA) is 69.9 Å². The van der Waals surface area contributed by atoms with Crippen molar-refractivity contribution < 1.29 is 20.1 Å². The molecule has 0 amide bonds. The molecule has 8 bridgehead atoms. The third-order valence-corrected chi connectivity index (χ3v) is 10.5. The highest BCUT2D eigenvalue weighted by molar-refractivity contribution is 5.59. The molecule has 4 heteroatoms. The van der Waals surface area contributed by atoms with Gasteiger partial charge in [0, 0.05) is 32.1 Å². The maximum absolute atomic E-state index is 12.1. The van der Waals surface area contributed by atoms with Crippen molar-refractivity contribution in [2.24, 2.45) is 0 Å². The number of terminal acetylenes is 1. The van der Waals surface area contributed by atoms with Crippen LogP contribution in [-0.2, 0) is 47.3 Å². The van der Waals surface area contributed by atoms with Crippen LogP contribution in [-0.4, -0.2) is 21.9 Å². The number of phenolic OH excluding ortho intramolecular Hbond substituents is 3. The lowest BCUT2D eigenvalue weighted by Gasteiger charge is -2.27. The minimum atomic E-state index is -0.192. The second-order valence-electron chi connectivity index (χ2n) is 19.1. The summed E-state index contributed by atoms with van der Waals surface area (Å²) in [5, 5.41) is 36.3. The summed E-state index contributed by atoms with van der Waals surface area (Å²) in [6.07, 6.45) is 7.72. The normalized spacial score (nSPS) is 13.8. The Balaban J connectivity index is 1.92. The molecule has 5 rings (SSSR count). The van der Waals surface area contributed by atoms with Crippen molar-refractivity contribution in [3.8, 4) is 35.3 Å². The van der Waals surface area contributed by atoms with E-state index in [1.54, 1.807) is 0 Å². The first-order valence-electron chi connectivity index (χ1n) is 18.8. The maximum atomic E-state index is 12.1. The van der Waals surface area contributed by atoms with Crippen LogP contribution in [0.5, 0.6) is 23.0 Å². The third-order valence-electron chi connectivity index (χ3n) is 10.5. The minimum Gasteiger partial charge on any atom is -0.507 e. The second-order valence-corrected chi connectivity index (χ2v) is 19.1. The molecule has 1 aliphatic carbocycles. The lowest BCUT2D eigenvalue weighted by molar-refractivity contribution is 0.320. The summed E-state index contributed by atoms with van der Waals surface area (Å²) in [5.74, 6) is 4.13. The van der Waals surface area contributed by atoms with Gasteiger partial charge in [-0.1, -0.05) is 132 Å². The van der Waals surface area contributed by atoms with E-state index >= 15 is 0 Å². The molecule has 4 nitrogen and oxygen atoms in total. The van der Waals surface area contributed by atoms with E-state index in [1.165, 1.54) is 0 Å². The van der Waals surface area contributed by atoms with E-state index in [0.29, 0.717) is 38.7 Å². The van der Waals surface area contributed by atoms with Crippen molar-refractivity contribution in [2.45, 2.75) is 137 Å². The molecule has 0 radical (unpaired) electrons. The van der Waals surface area contributed by atoms with E-state index in [2.05, 4.69) is 138 Å². The highest BCUT2D eigenvalue weighted by atomic mass is 16.5. The standard InChI is InChI=1S/C48H60O4/c1-14-15-16-52-44-35-19-33-25-38(46(5,6)7)23-31(42(33)50)17-29-21-37(45(2,3)4)22-30(41(29)49)18-32-24-39(47(8,9)10)26-34(43(32)51)20-36(44)28-40(27-35)48(11,12)13/h1,21-28,49-51H,15-20H2,2-13H3.